The van der Waals surface area contributed by atoms with Gasteiger partial charge in [-0.15, -0.1) is 0 Å². The molecule has 2 aliphatic rings. The minimum atomic E-state index is -0.248. The van der Waals surface area contributed by atoms with E-state index >= 15 is 0 Å². The molecule has 2 amide bonds. The number of morpholine rings is 1. The highest BCUT2D eigenvalue weighted by Gasteiger charge is 2.28. The fourth-order valence-corrected chi connectivity index (χ4v) is 3.26. The van der Waals surface area contributed by atoms with Crippen molar-refractivity contribution in [2.24, 2.45) is 5.92 Å². The molecule has 0 bridgehead atoms. The fraction of sp³-hybridized carbons (Fsp3) is 0.579. The Labute approximate surface area is 154 Å². The van der Waals surface area contributed by atoms with Crippen LogP contribution in [0.3, 0.4) is 0 Å². The molecule has 0 saturated carbocycles. The molecule has 1 saturated heterocycles. The molecule has 0 aromatic heterocycles. The zero-order chi connectivity index (χ0) is 18.5. The normalized spacial score (nSPS) is 20.3. The lowest BCUT2D eigenvalue weighted by molar-refractivity contribution is -0.117. The lowest BCUT2D eigenvalue weighted by Crippen LogP contribution is -2.42. The highest BCUT2D eigenvalue weighted by Crippen LogP contribution is 2.29. The predicted octanol–water partition coefficient (Wildman–Crippen LogP) is 1.53. The summed E-state index contributed by atoms with van der Waals surface area (Å²) in [6.45, 7) is 9.10. The molecular formula is C19H28N4O3. The molecule has 1 atom stereocenters. The standard InChI is InChI=1S/C19H28N4O3/c1-13(2)17-19(25)22-16-12-14(4-5-15(16)21-17)18(24)20-6-3-7-23-8-10-26-11-9-23/h4-5,12-13,17,21H,3,6-11H2,1-2H3,(H,20,24)(H,22,25)/t17-/m0/s1. The molecule has 2 heterocycles. The van der Waals surface area contributed by atoms with Crippen molar-refractivity contribution in [3.8, 4) is 0 Å². The molecule has 3 rings (SSSR count). The van der Waals surface area contributed by atoms with Gasteiger partial charge in [0.2, 0.25) is 5.91 Å². The Morgan fingerprint density at radius 1 is 1.31 bits per heavy atom. The summed E-state index contributed by atoms with van der Waals surface area (Å²) in [7, 11) is 0. The molecule has 1 fully saturated rings. The van der Waals surface area contributed by atoms with E-state index < -0.39 is 0 Å². The van der Waals surface area contributed by atoms with Crippen molar-refractivity contribution in [1.29, 1.82) is 0 Å². The Bertz CT molecular complexity index is 656. The smallest absolute Gasteiger partial charge is 0.251 e. The SMILES string of the molecule is CC(C)[C@@H]1Nc2ccc(C(=O)NCCCN3CCOCC3)cc2NC1=O. The van der Waals surface area contributed by atoms with Gasteiger partial charge in [0.05, 0.1) is 24.6 Å². The minimum Gasteiger partial charge on any atom is -0.379 e. The Kier molecular flexibility index (Phi) is 6.11. The van der Waals surface area contributed by atoms with Crippen LogP contribution >= 0.6 is 0 Å². The Morgan fingerprint density at radius 3 is 2.81 bits per heavy atom. The van der Waals surface area contributed by atoms with E-state index in [2.05, 4.69) is 20.9 Å². The van der Waals surface area contributed by atoms with Crippen molar-refractivity contribution in [2.75, 3.05) is 50.0 Å². The summed E-state index contributed by atoms with van der Waals surface area (Å²) >= 11 is 0. The number of nitrogens with one attached hydrogen (secondary N) is 3. The summed E-state index contributed by atoms with van der Waals surface area (Å²) in [6.07, 6.45) is 0.908. The molecule has 0 spiro atoms. The quantitative estimate of drug-likeness (QED) is 0.670. The minimum absolute atomic E-state index is 0.0597. The molecule has 1 aromatic rings. The molecular weight excluding hydrogens is 332 g/mol. The Morgan fingerprint density at radius 2 is 2.08 bits per heavy atom. The fourth-order valence-electron chi connectivity index (χ4n) is 3.26. The number of amides is 2. The van der Waals surface area contributed by atoms with Gasteiger partial charge in [-0.1, -0.05) is 13.8 Å². The summed E-state index contributed by atoms with van der Waals surface area (Å²) in [6, 6.07) is 5.13. The van der Waals surface area contributed by atoms with Crippen LogP contribution in [0, 0.1) is 5.92 Å². The van der Waals surface area contributed by atoms with Crippen molar-refractivity contribution >= 4 is 23.2 Å². The van der Waals surface area contributed by atoms with Crippen LogP contribution < -0.4 is 16.0 Å². The number of fused-ring (bicyclic) bond motifs is 1. The van der Waals surface area contributed by atoms with E-state index in [9.17, 15) is 9.59 Å². The van der Waals surface area contributed by atoms with Gasteiger partial charge in [0.15, 0.2) is 0 Å². The molecule has 7 nitrogen and oxygen atoms in total. The molecule has 2 aliphatic heterocycles. The third-order valence-electron chi connectivity index (χ3n) is 4.84. The molecule has 3 N–H and O–H groups in total. The van der Waals surface area contributed by atoms with Gasteiger partial charge in [-0.25, -0.2) is 0 Å². The number of hydrogen-bond acceptors (Lipinski definition) is 5. The van der Waals surface area contributed by atoms with E-state index in [4.69, 9.17) is 4.74 Å². The number of benzene rings is 1. The topological polar surface area (TPSA) is 82.7 Å². The summed E-state index contributed by atoms with van der Waals surface area (Å²) < 4.78 is 5.33. The number of carbonyl (C=O) groups excluding carboxylic acids is 2. The number of nitrogens with zero attached hydrogens (tertiary/aromatic N) is 1. The van der Waals surface area contributed by atoms with Crippen LogP contribution in [0.5, 0.6) is 0 Å². The second-order valence-corrected chi connectivity index (χ2v) is 7.18. The van der Waals surface area contributed by atoms with Gasteiger partial charge in [0.1, 0.15) is 6.04 Å². The van der Waals surface area contributed by atoms with E-state index in [1.54, 1.807) is 12.1 Å². The number of ether oxygens (including phenoxy) is 1. The molecule has 0 aliphatic carbocycles. The number of rotatable bonds is 6. The Hall–Kier alpha value is -2.12. The maximum absolute atomic E-state index is 12.4. The van der Waals surface area contributed by atoms with Crippen LogP contribution in [-0.2, 0) is 9.53 Å². The van der Waals surface area contributed by atoms with Gasteiger partial charge < -0.3 is 20.7 Å². The molecule has 142 valence electrons. The molecule has 26 heavy (non-hydrogen) atoms. The van der Waals surface area contributed by atoms with Crippen molar-refractivity contribution in [3.63, 3.8) is 0 Å². The van der Waals surface area contributed by atoms with Gasteiger partial charge in [0.25, 0.3) is 5.91 Å². The van der Waals surface area contributed by atoms with Gasteiger partial charge in [-0.2, -0.15) is 0 Å². The highest BCUT2D eigenvalue weighted by atomic mass is 16.5. The third kappa shape index (κ3) is 4.53. The number of anilines is 2. The molecule has 1 aromatic carbocycles. The molecule has 7 heteroatoms. The first kappa shape index (κ1) is 18.7. The van der Waals surface area contributed by atoms with Gasteiger partial charge >= 0.3 is 0 Å². The van der Waals surface area contributed by atoms with Crippen molar-refractivity contribution in [3.05, 3.63) is 23.8 Å². The average Bonchev–Trinajstić information content (AvgIpc) is 2.64. The van der Waals surface area contributed by atoms with E-state index in [1.807, 2.05) is 19.9 Å². The van der Waals surface area contributed by atoms with E-state index in [-0.39, 0.29) is 23.8 Å². The number of carbonyl (C=O) groups is 2. The van der Waals surface area contributed by atoms with Crippen molar-refractivity contribution in [1.82, 2.24) is 10.2 Å². The first-order chi connectivity index (χ1) is 12.5. The second kappa shape index (κ2) is 8.51. The maximum Gasteiger partial charge on any atom is 0.251 e. The summed E-state index contributed by atoms with van der Waals surface area (Å²) in [4.78, 5) is 26.9. The summed E-state index contributed by atoms with van der Waals surface area (Å²) in [5, 5.41) is 9.09. The third-order valence-corrected chi connectivity index (χ3v) is 4.84. The van der Waals surface area contributed by atoms with Crippen LogP contribution in [-0.4, -0.2) is 62.1 Å². The zero-order valence-electron chi connectivity index (χ0n) is 15.5. The lowest BCUT2D eigenvalue weighted by atomic mass is 9.99. The van der Waals surface area contributed by atoms with Crippen LogP contribution in [0.4, 0.5) is 11.4 Å². The monoisotopic (exact) mass is 360 g/mol. The number of hydrogen-bond donors (Lipinski definition) is 3. The van der Waals surface area contributed by atoms with Gasteiger partial charge in [-0.05, 0) is 37.1 Å². The Balaban J connectivity index is 1.51. The lowest BCUT2D eigenvalue weighted by Gasteiger charge is -2.29. The van der Waals surface area contributed by atoms with Crippen LogP contribution in [0.15, 0.2) is 18.2 Å². The van der Waals surface area contributed by atoms with E-state index in [0.29, 0.717) is 17.8 Å². The summed E-state index contributed by atoms with van der Waals surface area (Å²) in [5.41, 5.74) is 2.07. The predicted molar refractivity (Wildman–Crippen MR) is 102 cm³/mol. The van der Waals surface area contributed by atoms with Crippen molar-refractivity contribution in [2.45, 2.75) is 26.3 Å². The maximum atomic E-state index is 12.4. The van der Waals surface area contributed by atoms with Crippen LogP contribution in [0.25, 0.3) is 0 Å². The van der Waals surface area contributed by atoms with E-state index in [0.717, 1.165) is 45.0 Å². The van der Waals surface area contributed by atoms with Crippen LogP contribution in [0.1, 0.15) is 30.6 Å². The average molecular weight is 360 g/mol. The first-order valence-corrected chi connectivity index (χ1v) is 9.34. The first-order valence-electron chi connectivity index (χ1n) is 9.34. The second-order valence-electron chi connectivity index (χ2n) is 7.18. The van der Waals surface area contributed by atoms with Gasteiger partial charge in [-0.3, -0.25) is 14.5 Å². The zero-order valence-corrected chi connectivity index (χ0v) is 15.5. The molecule has 0 unspecified atom stereocenters. The summed E-state index contributed by atoms with van der Waals surface area (Å²) in [5.74, 6) is 0.0168. The van der Waals surface area contributed by atoms with Gasteiger partial charge in [0, 0.05) is 25.2 Å². The molecule has 0 radical (unpaired) electrons. The van der Waals surface area contributed by atoms with Crippen molar-refractivity contribution < 1.29 is 14.3 Å². The highest BCUT2D eigenvalue weighted by molar-refractivity contribution is 6.05. The van der Waals surface area contributed by atoms with Crippen LogP contribution in [0.2, 0.25) is 0 Å². The largest absolute Gasteiger partial charge is 0.379 e. The van der Waals surface area contributed by atoms with E-state index in [1.165, 1.54) is 0 Å².